The molecule has 0 bridgehead atoms. The summed E-state index contributed by atoms with van der Waals surface area (Å²) in [5.74, 6) is 0. The SMILES string of the molecule is c1ccc(-c2ccc(N(c3ccccc3)c3ccc(-c4ccc(-c5ccc(-n6ccc7ccccc76)cc5)cc4)cc3)cc2)cc1. The molecule has 7 aromatic carbocycles. The van der Waals surface area contributed by atoms with Gasteiger partial charge in [0.2, 0.25) is 0 Å². The maximum atomic E-state index is 2.31. The Morgan fingerprint density at radius 2 is 0.696 bits per heavy atom. The summed E-state index contributed by atoms with van der Waals surface area (Å²) in [6, 6.07) is 67.1. The molecule has 1 heterocycles. The van der Waals surface area contributed by atoms with Crippen LogP contribution in [0.15, 0.2) is 194 Å². The summed E-state index contributed by atoms with van der Waals surface area (Å²) in [6.45, 7) is 0. The van der Waals surface area contributed by atoms with E-state index in [0.29, 0.717) is 0 Å². The molecule has 0 saturated heterocycles. The van der Waals surface area contributed by atoms with Crippen LogP contribution in [0.2, 0.25) is 0 Å². The second-order valence-electron chi connectivity index (χ2n) is 11.5. The first-order chi connectivity index (χ1) is 22.8. The fraction of sp³-hybridized carbons (Fsp3) is 0. The van der Waals surface area contributed by atoms with Gasteiger partial charge in [-0.1, -0.05) is 127 Å². The average molecular weight is 589 g/mol. The Labute approximate surface area is 270 Å². The monoisotopic (exact) mass is 588 g/mol. The van der Waals surface area contributed by atoms with Crippen molar-refractivity contribution in [1.82, 2.24) is 4.57 Å². The van der Waals surface area contributed by atoms with Gasteiger partial charge in [-0.15, -0.1) is 0 Å². The first-order valence-electron chi connectivity index (χ1n) is 15.7. The molecule has 0 N–H and O–H groups in total. The summed E-state index contributed by atoms with van der Waals surface area (Å²) >= 11 is 0. The zero-order valence-corrected chi connectivity index (χ0v) is 25.4. The highest BCUT2D eigenvalue weighted by molar-refractivity contribution is 5.83. The Bertz CT molecular complexity index is 2190. The molecule has 0 spiro atoms. The second kappa shape index (κ2) is 12.1. The minimum atomic E-state index is 1.12. The number of rotatable bonds is 7. The number of fused-ring (bicyclic) bond motifs is 1. The Kier molecular flexibility index (Phi) is 7.22. The smallest absolute Gasteiger partial charge is 0.0528 e. The molecule has 0 amide bonds. The topological polar surface area (TPSA) is 8.17 Å². The molecular formula is C44H32N2. The van der Waals surface area contributed by atoms with Crippen molar-refractivity contribution in [1.29, 1.82) is 0 Å². The lowest BCUT2D eigenvalue weighted by Gasteiger charge is -2.26. The van der Waals surface area contributed by atoms with Crippen molar-refractivity contribution in [2.45, 2.75) is 0 Å². The Balaban J connectivity index is 1.03. The van der Waals surface area contributed by atoms with Crippen molar-refractivity contribution in [3.63, 3.8) is 0 Å². The third kappa shape index (κ3) is 5.38. The molecule has 218 valence electrons. The molecular weight excluding hydrogens is 556 g/mol. The first kappa shape index (κ1) is 27.4. The lowest BCUT2D eigenvalue weighted by atomic mass is 9.99. The Morgan fingerprint density at radius 1 is 0.304 bits per heavy atom. The van der Waals surface area contributed by atoms with Gasteiger partial charge in [-0.05, 0) is 99.4 Å². The molecule has 0 saturated carbocycles. The van der Waals surface area contributed by atoms with Crippen molar-refractivity contribution in [3.05, 3.63) is 194 Å². The summed E-state index contributed by atoms with van der Waals surface area (Å²) in [4.78, 5) is 2.31. The normalized spacial score (nSPS) is 11.0. The van der Waals surface area contributed by atoms with Gasteiger partial charge in [-0.25, -0.2) is 0 Å². The number of nitrogens with zero attached hydrogens (tertiary/aromatic N) is 2. The number of anilines is 3. The third-order valence-corrected chi connectivity index (χ3v) is 8.67. The van der Waals surface area contributed by atoms with Crippen molar-refractivity contribution < 1.29 is 0 Å². The molecule has 2 nitrogen and oxygen atoms in total. The third-order valence-electron chi connectivity index (χ3n) is 8.67. The van der Waals surface area contributed by atoms with E-state index in [-0.39, 0.29) is 0 Å². The molecule has 8 aromatic rings. The number of hydrogen-bond acceptors (Lipinski definition) is 1. The molecule has 0 aliphatic heterocycles. The fourth-order valence-corrected chi connectivity index (χ4v) is 6.24. The predicted octanol–water partition coefficient (Wildman–Crippen LogP) is 12.1. The molecule has 0 radical (unpaired) electrons. The van der Waals surface area contributed by atoms with Crippen molar-refractivity contribution in [2.75, 3.05) is 4.90 Å². The maximum absolute atomic E-state index is 2.31. The van der Waals surface area contributed by atoms with Crippen molar-refractivity contribution in [3.8, 4) is 39.1 Å². The van der Waals surface area contributed by atoms with Gasteiger partial charge in [0.15, 0.2) is 0 Å². The van der Waals surface area contributed by atoms with Gasteiger partial charge < -0.3 is 9.47 Å². The van der Waals surface area contributed by atoms with E-state index in [1.165, 1.54) is 50.0 Å². The van der Waals surface area contributed by atoms with Gasteiger partial charge in [0.05, 0.1) is 5.52 Å². The van der Waals surface area contributed by atoms with Crippen molar-refractivity contribution in [2.24, 2.45) is 0 Å². The molecule has 8 rings (SSSR count). The van der Waals surface area contributed by atoms with Crippen LogP contribution in [-0.4, -0.2) is 4.57 Å². The van der Waals surface area contributed by atoms with Crippen LogP contribution in [0.25, 0.3) is 50.0 Å². The highest BCUT2D eigenvalue weighted by Crippen LogP contribution is 2.37. The number of para-hydroxylation sites is 2. The van der Waals surface area contributed by atoms with Crippen LogP contribution in [0.3, 0.4) is 0 Å². The quantitative estimate of drug-likeness (QED) is 0.180. The predicted molar refractivity (Wildman–Crippen MR) is 194 cm³/mol. The van der Waals surface area contributed by atoms with Crippen LogP contribution in [0.1, 0.15) is 0 Å². The second-order valence-corrected chi connectivity index (χ2v) is 11.5. The zero-order valence-electron chi connectivity index (χ0n) is 25.4. The molecule has 1 aromatic heterocycles. The molecule has 0 fully saturated rings. The number of aromatic nitrogens is 1. The molecule has 2 heteroatoms. The van der Waals surface area contributed by atoms with Gasteiger partial charge in [0, 0.05) is 28.9 Å². The summed E-state index contributed by atoms with van der Waals surface area (Å²) in [5, 5.41) is 1.25. The molecule has 0 unspecified atom stereocenters. The van der Waals surface area contributed by atoms with Crippen LogP contribution in [0.5, 0.6) is 0 Å². The summed E-state index contributed by atoms with van der Waals surface area (Å²) in [5.41, 5.74) is 13.0. The van der Waals surface area contributed by atoms with Crippen LogP contribution in [0.4, 0.5) is 17.1 Å². The summed E-state index contributed by atoms with van der Waals surface area (Å²) in [6.07, 6.45) is 2.14. The largest absolute Gasteiger partial charge is 0.317 e. The first-order valence-corrected chi connectivity index (χ1v) is 15.7. The van der Waals surface area contributed by atoms with Gasteiger partial charge in [0.1, 0.15) is 0 Å². The highest BCUT2D eigenvalue weighted by Gasteiger charge is 2.13. The molecule has 0 aliphatic carbocycles. The minimum Gasteiger partial charge on any atom is -0.317 e. The van der Waals surface area contributed by atoms with Crippen LogP contribution >= 0.6 is 0 Å². The fourth-order valence-electron chi connectivity index (χ4n) is 6.24. The lowest BCUT2D eigenvalue weighted by Crippen LogP contribution is -2.09. The maximum Gasteiger partial charge on any atom is 0.0528 e. The molecule has 0 atom stereocenters. The van der Waals surface area contributed by atoms with E-state index in [4.69, 9.17) is 0 Å². The summed E-state index contributed by atoms with van der Waals surface area (Å²) < 4.78 is 2.24. The van der Waals surface area contributed by atoms with E-state index in [0.717, 1.165) is 17.1 Å². The van der Waals surface area contributed by atoms with E-state index >= 15 is 0 Å². The van der Waals surface area contributed by atoms with E-state index < -0.39 is 0 Å². The van der Waals surface area contributed by atoms with E-state index in [1.54, 1.807) is 0 Å². The Morgan fingerprint density at radius 3 is 1.24 bits per heavy atom. The molecule has 0 aliphatic rings. The van der Waals surface area contributed by atoms with Crippen LogP contribution in [-0.2, 0) is 0 Å². The van der Waals surface area contributed by atoms with E-state index in [1.807, 2.05) is 0 Å². The lowest BCUT2D eigenvalue weighted by molar-refractivity contribution is 1.13. The number of hydrogen-bond donors (Lipinski definition) is 0. The summed E-state index contributed by atoms with van der Waals surface area (Å²) in [7, 11) is 0. The average Bonchev–Trinajstić information content (AvgIpc) is 3.58. The van der Waals surface area contributed by atoms with Gasteiger partial charge in [-0.3, -0.25) is 0 Å². The van der Waals surface area contributed by atoms with Crippen molar-refractivity contribution >= 4 is 28.0 Å². The highest BCUT2D eigenvalue weighted by atomic mass is 15.1. The zero-order chi connectivity index (χ0) is 30.7. The number of benzene rings is 7. The van der Waals surface area contributed by atoms with Crippen LogP contribution < -0.4 is 4.90 Å². The van der Waals surface area contributed by atoms with E-state index in [9.17, 15) is 0 Å². The standard InChI is InChI=1S/C44H32N2/c1-3-9-33(10-4-1)36-21-27-42(28-22-36)46(41-12-5-2-6-13-41)43-29-23-38(24-30-43)35-17-15-34(16-18-35)37-19-25-40(26-20-37)45-32-31-39-11-7-8-14-44(39)45/h1-32H. The van der Waals surface area contributed by atoms with Crippen LogP contribution in [0, 0.1) is 0 Å². The van der Waals surface area contributed by atoms with Gasteiger partial charge in [0.25, 0.3) is 0 Å². The van der Waals surface area contributed by atoms with Gasteiger partial charge >= 0.3 is 0 Å². The van der Waals surface area contributed by atoms with Gasteiger partial charge in [-0.2, -0.15) is 0 Å². The Hall–Kier alpha value is -6.12. The molecule has 46 heavy (non-hydrogen) atoms. The minimum absolute atomic E-state index is 1.12. The van der Waals surface area contributed by atoms with E-state index in [2.05, 4.69) is 204 Å².